The predicted molar refractivity (Wildman–Crippen MR) is 142 cm³/mol. The molecule has 5 heteroatoms. The van der Waals surface area contributed by atoms with Crippen LogP contribution in [0.3, 0.4) is 0 Å². The van der Waals surface area contributed by atoms with Crippen LogP contribution in [0.4, 0.5) is 4.39 Å². The quantitative estimate of drug-likeness (QED) is 0.310. The van der Waals surface area contributed by atoms with Crippen LogP contribution in [0.25, 0.3) is 11.1 Å². The number of allylic oxidation sites excluding steroid dienone is 2. The monoisotopic (exact) mass is 490 g/mol. The lowest BCUT2D eigenvalue weighted by Gasteiger charge is -2.24. The SMILES string of the molecule is COc1ccc(F)c(-c2cc(COc3ccc([C@@H](C=C(C)C)CC(=O)O)cc3)ccc2C(C)(C)C)c1. The summed E-state index contributed by atoms with van der Waals surface area (Å²) in [5.41, 5.74) is 5.07. The zero-order valence-corrected chi connectivity index (χ0v) is 21.9. The third-order valence-corrected chi connectivity index (χ3v) is 6.00. The van der Waals surface area contributed by atoms with E-state index in [2.05, 4.69) is 20.8 Å². The largest absolute Gasteiger partial charge is 0.497 e. The van der Waals surface area contributed by atoms with Crippen LogP contribution in [-0.2, 0) is 16.8 Å². The Hall–Kier alpha value is -3.60. The van der Waals surface area contributed by atoms with Crippen LogP contribution in [0, 0.1) is 5.82 Å². The van der Waals surface area contributed by atoms with E-state index in [4.69, 9.17) is 9.47 Å². The lowest BCUT2D eigenvalue weighted by molar-refractivity contribution is -0.137. The van der Waals surface area contributed by atoms with E-state index in [9.17, 15) is 14.3 Å². The summed E-state index contributed by atoms with van der Waals surface area (Å²) in [7, 11) is 1.57. The Balaban J connectivity index is 1.86. The molecule has 0 aliphatic rings. The summed E-state index contributed by atoms with van der Waals surface area (Å²) >= 11 is 0. The highest BCUT2D eigenvalue weighted by Crippen LogP contribution is 2.37. The van der Waals surface area contributed by atoms with E-state index in [-0.39, 0.29) is 23.6 Å². The predicted octanol–water partition coefficient (Wildman–Crippen LogP) is 7.90. The minimum atomic E-state index is -0.834. The van der Waals surface area contributed by atoms with Gasteiger partial charge in [0.1, 0.15) is 23.9 Å². The molecule has 0 saturated carbocycles. The Morgan fingerprint density at radius 3 is 2.22 bits per heavy atom. The third-order valence-electron chi connectivity index (χ3n) is 6.00. The Kier molecular flexibility index (Phi) is 8.57. The number of methoxy groups -OCH3 is 1. The van der Waals surface area contributed by atoms with Crippen molar-refractivity contribution in [3.8, 4) is 22.6 Å². The molecule has 0 aromatic heterocycles. The van der Waals surface area contributed by atoms with Crippen molar-refractivity contribution in [2.24, 2.45) is 0 Å². The first-order valence-electron chi connectivity index (χ1n) is 12.0. The van der Waals surface area contributed by atoms with Gasteiger partial charge >= 0.3 is 5.97 Å². The first-order chi connectivity index (χ1) is 17.0. The number of hydrogen-bond donors (Lipinski definition) is 1. The van der Waals surface area contributed by atoms with Gasteiger partial charge in [-0.2, -0.15) is 0 Å². The van der Waals surface area contributed by atoms with Crippen molar-refractivity contribution < 1.29 is 23.8 Å². The van der Waals surface area contributed by atoms with Crippen LogP contribution in [0.15, 0.2) is 72.3 Å². The number of carboxylic acid groups (broad SMARTS) is 1. The van der Waals surface area contributed by atoms with Crippen molar-refractivity contribution in [2.45, 2.75) is 59.0 Å². The average Bonchev–Trinajstić information content (AvgIpc) is 2.81. The number of ether oxygens (including phenoxy) is 2. The summed E-state index contributed by atoms with van der Waals surface area (Å²) in [5, 5.41) is 9.26. The first kappa shape index (κ1) is 27.0. The lowest BCUT2D eigenvalue weighted by atomic mass is 9.81. The molecule has 36 heavy (non-hydrogen) atoms. The molecule has 1 N–H and O–H groups in total. The van der Waals surface area contributed by atoms with E-state index in [1.165, 1.54) is 6.07 Å². The van der Waals surface area contributed by atoms with Crippen molar-refractivity contribution >= 4 is 5.97 Å². The van der Waals surface area contributed by atoms with Gasteiger partial charge in [-0.3, -0.25) is 4.79 Å². The van der Waals surface area contributed by atoms with Crippen LogP contribution in [0.5, 0.6) is 11.5 Å². The zero-order chi connectivity index (χ0) is 26.5. The standard InChI is InChI=1S/C31H35FO4/c1-20(2)15-23(17-30(33)34)22-8-10-24(11-9-22)36-19-21-7-13-28(31(3,4)5)26(16-21)27-18-25(35-6)12-14-29(27)32/h7-16,18,23H,17,19H2,1-6H3,(H,33,34)/t23-/m0/s1. The van der Waals surface area contributed by atoms with Gasteiger partial charge in [0.15, 0.2) is 0 Å². The molecule has 190 valence electrons. The highest BCUT2D eigenvalue weighted by Gasteiger charge is 2.21. The van der Waals surface area contributed by atoms with Gasteiger partial charge in [0.05, 0.1) is 13.5 Å². The molecule has 3 aromatic carbocycles. The Morgan fingerprint density at radius 2 is 1.64 bits per heavy atom. The molecular weight excluding hydrogens is 455 g/mol. The van der Waals surface area contributed by atoms with E-state index >= 15 is 0 Å². The fraction of sp³-hybridized carbons (Fsp3) is 0.323. The van der Waals surface area contributed by atoms with Crippen LogP contribution in [0.1, 0.15) is 63.6 Å². The summed E-state index contributed by atoms with van der Waals surface area (Å²) in [6, 6.07) is 18.3. The fourth-order valence-corrected chi connectivity index (χ4v) is 4.24. The molecule has 0 aliphatic carbocycles. The van der Waals surface area contributed by atoms with Crippen molar-refractivity contribution in [1.82, 2.24) is 0 Å². The van der Waals surface area contributed by atoms with Gasteiger partial charge in [0.2, 0.25) is 0 Å². The van der Waals surface area contributed by atoms with Crippen molar-refractivity contribution in [3.05, 3.63) is 94.8 Å². The second kappa shape index (κ2) is 11.4. The molecule has 0 heterocycles. The molecule has 0 amide bonds. The van der Waals surface area contributed by atoms with E-state index in [0.29, 0.717) is 23.7 Å². The molecule has 0 bridgehead atoms. The maximum absolute atomic E-state index is 14.9. The summed E-state index contributed by atoms with van der Waals surface area (Å²) in [4.78, 5) is 11.3. The highest BCUT2D eigenvalue weighted by molar-refractivity contribution is 5.71. The number of benzene rings is 3. The van der Waals surface area contributed by atoms with Crippen molar-refractivity contribution in [2.75, 3.05) is 7.11 Å². The van der Waals surface area contributed by atoms with Gasteiger partial charge in [0.25, 0.3) is 0 Å². The molecule has 0 saturated heterocycles. The third kappa shape index (κ3) is 6.97. The van der Waals surface area contributed by atoms with E-state index < -0.39 is 5.97 Å². The zero-order valence-electron chi connectivity index (χ0n) is 21.9. The number of halogens is 1. The minimum Gasteiger partial charge on any atom is -0.497 e. The van der Waals surface area contributed by atoms with Crippen LogP contribution in [0.2, 0.25) is 0 Å². The summed E-state index contributed by atoms with van der Waals surface area (Å²) in [6.45, 7) is 10.6. The first-order valence-corrected chi connectivity index (χ1v) is 12.0. The number of carboxylic acids is 1. The summed E-state index contributed by atoms with van der Waals surface area (Å²) < 4.78 is 26.2. The highest BCUT2D eigenvalue weighted by atomic mass is 19.1. The Labute approximate surface area is 213 Å². The molecule has 3 aromatic rings. The smallest absolute Gasteiger partial charge is 0.304 e. The molecule has 0 aliphatic heterocycles. The minimum absolute atomic E-state index is 0.0368. The van der Waals surface area contributed by atoms with Gasteiger partial charge in [0, 0.05) is 11.5 Å². The molecule has 1 atom stereocenters. The second-order valence-corrected chi connectivity index (χ2v) is 10.3. The van der Waals surface area contributed by atoms with Gasteiger partial charge in [-0.05, 0) is 77.9 Å². The number of hydrogen-bond acceptors (Lipinski definition) is 3. The second-order valence-electron chi connectivity index (χ2n) is 10.3. The topological polar surface area (TPSA) is 55.8 Å². The lowest BCUT2D eigenvalue weighted by Crippen LogP contribution is -2.13. The van der Waals surface area contributed by atoms with Gasteiger partial charge < -0.3 is 14.6 Å². The summed E-state index contributed by atoms with van der Waals surface area (Å²) in [5.74, 6) is -0.0461. The van der Waals surface area contributed by atoms with E-state index in [0.717, 1.165) is 27.8 Å². The van der Waals surface area contributed by atoms with Crippen molar-refractivity contribution in [1.29, 1.82) is 0 Å². The fourth-order valence-electron chi connectivity index (χ4n) is 4.24. The molecule has 0 unspecified atom stereocenters. The maximum atomic E-state index is 14.9. The van der Waals surface area contributed by atoms with Crippen LogP contribution >= 0.6 is 0 Å². The molecule has 3 rings (SSSR count). The Morgan fingerprint density at radius 1 is 0.972 bits per heavy atom. The molecule has 4 nitrogen and oxygen atoms in total. The normalized spacial score (nSPS) is 12.1. The van der Waals surface area contributed by atoms with E-state index in [1.807, 2.05) is 62.4 Å². The van der Waals surface area contributed by atoms with Gasteiger partial charge in [-0.25, -0.2) is 4.39 Å². The number of aliphatic carboxylic acids is 1. The molecule has 0 fully saturated rings. The average molecular weight is 491 g/mol. The number of rotatable bonds is 9. The molecule has 0 radical (unpaired) electrons. The maximum Gasteiger partial charge on any atom is 0.304 e. The van der Waals surface area contributed by atoms with E-state index in [1.54, 1.807) is 19.2 Å². The van der Waals surface area contributed by atoms with Crippen molar-refractivity contribution in [3.63, 3.8) is 0 Å². The number of carbonyl (C=O) groups is 1. The van der Waals surface area contributed by atoms with Crippen LogP contribution < -0.4 is 9.47 Å². The van der Waals surface area contributed by atoms with Gasteiger partial charge in [-0.1, -0.05) is 56.7 Å². The molecule has 0 spiro atoms. The molecular formula is C31H35FO4. The Bertz CT molecular complexity index is 1230. The van der Waals surface area contributed by atoms with Gasteiger partial charge in [-0.15, -0.1) is 0 Å². The van der Waals surface area contributed by atoms with Crippen LogP contribution in [-0.4, -0.2) is 18.2 Å². The summed E-state index contributed by atoms with van der Waals surface area (Å²) in [6.07, 6.45) is 2.01.